The van der Waals surface area contributed by atoms with Crippen LogP contribution in [0.15, 0.2) is 72.8 Å². The molecule has 0 fully saturated rings. The lowest BCUT2D eigenvalue weighted by molar-refractivity contribution is -0.384. The van der Waals surface area contributed by atoms with Crippen LogP contribution < -0.4 is 10.1 Å². The summed E-state index contributed by atoms with van der Waals surface area (Å²) in [6.07, 6.45) is -1.34. The average Bonchev–Trinajstić information content (AvgIpc) is 2.79. The Kier molecular flexibility index (Phi) is 7.41. The predicted octanol–water partition coefficient (Wildman–Crippen LogP) is 5.18. The lowest BCUT2D eigenvalue weighted by atomic mass is 10.1. The lowest BCUT2D eigenvalue weighted by Crippen LogP contribution is -2.26. The van der Waals surface area contributed by atoms with Gasteiger partial charge >= 0.3 is 5.97 Å². The molecule has 32 heavy (non-hydrogen) atoms. The molecule has 1 atom stereocenters. The second kappa shape index (κ2) is 10.4. The molecule has 3 rings (SSSR count). The Balaban J connectivity index is 1.91. The van der Waals surface area contributed by atoms with Crippen molar-refractivity contribution in [3.05, 3.63) is 99.1 Å². The van der Waals surface area contributed by atoms with E-state index < -0.39 is 22.9 Å². The van der Waals surface area contributed by atoms with Crippen molar-refractivity contribution in [1.82, 2.24) is 0 Å². The molecule has 0 saturated carbocycles. The summed E-state index contributed by atoms with van der Waals surface area (Å²) in [6.45, 7) is 2.21. The highest BCUT2D eigenvalue weighted by Gasteiger charge is 2.28. The predicted molar refractivity (Wildman–Crippen MR) is 119 cm³/mol. The van der Waals surface area contributed by atoms with Crippen LogP contribution in [0.3, 0.4) is 0 Å². The first kappa shape index (κ1) is 22.8. The molecule has 164 valence electrons. The van der Waals surface area contributed by atoms with E-state index in [0.717, 1.165) is 6.07 Å². The van der Waals surface area contributed by atoms with Crippen LogP contribution in [-0.4, -0.2) is 23.4 Å². The number of nitro benzene ring substituents is 1. The lowest BCUT2D eigenvalue weighted by Gasteiger charge is -2.19. The van der Waals surface area contributed by atoms with Gasteiger partial charge in [0.1, 0.15) is 5.75 Å². The highest BCUT2D eigenvalue weighted by atomic mass is 35.5. The maximum atomic E-state index is 13.1. The molecule has 3 aromatic carbocycles. The van der Waals surface area contributed by atoms with E-state index in [1.165, 1.54) is 12.1 Å². The number of para-hydroxylation sites is 2. The zero-order valence-corrected chi connectivity index (χ0v) is 17.7. The number of non-ortho nitro benzene ring substituents is 1. The molecule has 1 N–H and O–H groups in total. The second-order valence-electron chi connectivity index (χ2n) is 6.54. The van der Waals surface area contributed by atoms with E-state index >= 15 is 0 Å². The van der Waals surface area contributed by atoms with Crippen LogP contribution in [0.1, 0.15) is 28.9 Å². The Labute approximate surface area is 188 Å². The number of carbonyl (C=O) groups is 2. The van der Waals surface area contributed by atoms with Crippen molar-refractivity contribution in [3.63, 3.8) is 0 Å². The first-order valence-electron chi connectivity index (χ1n) is 9.63. The number of carbonyl (C=O) groups excluding carboxylic acids is 2. The van der Waals surface area contributed by atoms with Gasteiger partial charge in [-0.3, -0.25) is 14.9 Å². The Hall–Kier alpha value is -3.91. The molecule has 0 heterocycles. The number of anilines is 1. The highest BCUT2D eigenvalue weighted by molar-refractivity contribution is 6.33. The van der Waals surface area contributed by atoms with Crippen molar-refractivity contribution in [2.24, 2.45) is 0 Å². The summed E-state index contributed by atoms with van der Waals surface area (Å²) in [7, 11) is 0. The van der Waals surface area contributed by atoms with Gasteiger partial charge in [-0.05, 0) is 25.1 Å². The standard InChI is InChI=1S/C23H19ClN2O6/c1-2-31-20-11-7-6-10-19(20)25-22(27)21(15-8-4-3-5-9-15)32-23(28)17-14-16(26(29)30)12-13-18(17)24/h3-14,21H,2H2,1H3,(H,25,27)/t21-/m0/s1. The monoisotopic (exact) mass is 454 g/mol. The molecule has 0 aliphatic rings. The third kappa shape index (κ3) is 5.41. The molecule has 3 aromatic rings. The summed E-state index contributed by atoms with van der Waals surface area (Å²) in [5.41, 5.74) is 0.274. The number of nitrogens with one attached hydrogen (secondary N) is 1. The van der Waals surface area contributed by atoms with Crippen LogP contribution in [0.5, 0.6) is 5.75 Å². The Bertz CT molecular complexity index is 1140. The highest BCUT2D eigenvalue weighted by Crippen LogP contribution is 2.29. The molecule has 0 radical (unpaired) electrons. The van der Waals surface area contributed by atoms with Crippen molar-refractivity contribution in [3.8, 4) is 5.75 Å². The molecule has 0 aromatic heterocycles. The summed E-state index contributed by atoms with van der Waals surface area (Å²) in [5.74, 6) is -1.14. The van der Waals surface area contributed by atoms with Crippen LogP contribution in [0.2, 0.25) is 5.02 Å². The Morgan fingerprint density at radius 2 is 1.75 bits per heavy atom. The van der Waals surface area contributed by atoms with Gasteiger partial charge in [0.05, 0.1) is 27.8 Å². The van der Waals surface area contributed by atoms with Crippen LogP contribution >= 0.6 is 11.6 Å². The van der Waals surface area contributed by atoms with E-state index in [2.05, 4.69) is 5.32 Å². The van der Waals surface area contributed by atoms with Gasteiger partial charge in [0.25, 0.3) is 11.6 Å². The molecule has 0 aliphatic carbocycles. The van der Waals surface area contributed by atoms with Gasteiger partial charge in [-0.15, -0.1) is 0 Å². The van der Waals surface area contributed by atoms with E-state index in [-0.39, 0.29) is 16.3 Å². The van der Waals surface area contributed by atoms with Crippen molar-refractivity contribution in [2.75, 3.05) is 11.9 Å². The second-order valence-corrected chi connectivity index (χ2v) is 6.94. The SMILES string of the molecule is CCOc1ccccc1NC(=O)[C@@H](OC(=O)c1cc([N+](=O)[O-])ccc1Cl)c1ccccc1. The number of esters is 1. The van der Waals surface area contributed by atoms with Gasteiger partial charge in [-0.1, -0.05) is 54.1 Å². The molecule has 1 amide bonds. The van der Waals surface area contributed by atoms with E-state index in [9.17, 15) is 19.7 Å². The average molecular weight is 455 g/mol. The van der Waals surface area contributed by atoms with Gasteiger partial charge in [0.15, 0.2) is 0 Å². The number of hydrogen-bond acceptors (Lipinski definition) is 6. The van der Waals surface area contributed by atoms with E-state index in [1.54, 1.807) is 54.6 Å². The zero-order chi connectivity index (χ0) is 23.1. The van der Waals surface area contributed by atoms with Gasteiger partial charge < -0.3 is 14.8 Å². The maximum absolute atomic E-state index is 13.1. The molecule has 0 unspecified atom stereocenters. The molecule has 0 saturated heterocycles. The Morgan fingerprint density at radius 1 is 1.06 bits per heavy atom. The minimum Gasteiger partial charge on any atom is -0.492 e. The normalized spacial score (nSPS) is 11.3. The van der Waals surface area contributed by atoms with Crippen LogP contribution in [-0.2, 0) is 9.53 Å². The molecule has 0 aliphatic heterocycles. The van der Waals surface area contributed by atoms with E-state index in [1.807, 2.05) is 6.92 Å². The molecule has 0 bridgehead atoms. The van der Waals surface area contributed by atoms with Crippen molar-refractivity contribution in [1.29, 1.82) is 0 Å². The molecule has 8 nitrogen and oxygen atoms in total. The van der Waals surface area contributed by atoms with Gasteiger partial charge in [-0.25, -0.2) is 4.79 Å². The number of nitro groups is 1. The van der Waals surface area contributed by atoms with Gasteiger partial charge in [0.2, 0.25) is 6.10 Å². The molecule has 9 heteroatoms. The number of halogens is 1. The number of nitrogens with zero attached hydrogens (tertiary/aromatic N) is 1. The van der Waals surface area contributed by atoms with Crippen LogP contribution in [0, 0.1) is 10.1 Å². The minimum atomic E-state index is -1.34. The van der Waals surface area contributed by atoms with Crippen molar-refractivity contribution >= 4 is 34.9 Å². The van der Waals surface area contributed by atoms with Crippen molar-refractivity contribution in [2.45, 2.75) is 13.0 Å². The fourth-order valence-corrected chi connectivity index (χ4v) is 3.10. The number of rotatable bonds is 8. The number of hydrogen-bond donors (Lipinski definition) is 1. The maximum Gasteiger partial charge on any atom is 0.341 e. The third-order valence-corrected chi connectivity index (χ3v) is 4.72. The first-order valence-corrected chi connectivity index (χ1v) is 10.0. The summed E-state index contributed by atoms with van der Waals surface area (Å²) >= 11 is 6.05. The van der Waals surface area contributed by atoms with Crippen molar-refractivity contribution < 1.29 is 24.0 Å². The zero-order valence-electron chi connectivity index (χ0n) is 17.0. The summed E-state index contributed by atoms with van der Waals surface area (Å²) < 4.78 is 11.0. The summed E-state index contributed by atoms with van der Waals surface area (Å²) in [6, 6.07) is 18.6. The largest absolute Gasteiger partial charge is 0.492 e. The van der Waals surface area contributed by atoms with Gasteiger partial charge in [-0.2, -0.15) is 0 Å². The van der Waals surface area contributed by atoms with Crippen LogP contribution in [0.25, 0.3) is 0 Å². The number of ether oxygens (including phenoxy) is 2. The Morgan fingerprint density at radius 3 is 2.44 bits per heavy atom. The van der Waals surface area contributed by atoms with E-state index in [4.69, 9.17) is 21.1 Å². The fourth-order valence-electron chi connectivity index (χ4n) is 2.90. The van der Waals surface area contributed by atoms with E-state index in [0.29, 0.717) is 23.6 Å². The smallest absolute Gasteiger partial charge is 0.341 e. The van der Waals surface area contributed by atoms with Gasteiger partial charge in [0, 0.05) is 17.7 Å². The number of benzene rings is 3. The third-order valence-electron chi connectivity index (χ3n) is 4.39. The molecule has 0 spiro atoms. The first-order chi connectivity index (χ1) is 15.4. The summed E-state index contributed by atoms with van der Waals surface area (Å²) in [4.78, 5) is 36.3. The molecular formula is C23H19ClN2O6. The quantitative estimate of drug-likeness (QED) is 0.285. The topological polar surface area (TPSA) is 108 Å². The summed E-state index contributed by atoms with van der Waals surface area (Å²) in [5, 5.41) is 13.7. The fraction of sp³-hybridized carbons (Fsp3) is 0.130. The molecular weight excluding hydrogens is 436 g/mol. The number of amides is 1. The minimum absolute atomic E-state index is 0.0329. The van der Waals surface area contributed by atoms with Crippen LogP contribution in [0.4, 0.5) is 11.4 Å².